The van der Waals surface area contributed by atoms with E-state index in [9.17, 15) is 14.7 Å². The van der Waals surface area contributed by atoms with Crippen molar-refractivity contribution in [1.82, 2.24) is 4.90 Å². The van der Waals surface area contributed by atoms with Crippen molar-refractivity contribution in [2.45, 2.75) is 24.9 Å². The fraction of sp³-hybridized carbons (Fsp3) is 0.333. The zero-order valence-corrected chi connectivity index (χ0v) is 11.3. The monoisotopic (exact) mass is 289 g/mol. The Labute approximate surface area is 121 Å². The predicted octanol–water partition coefficient (Wildman–Crippen LogP) is 0.214. The molecule has 6 nitrogen and oxygen atoms in total. The van der Waals surface area contributed by atoms with Gasteiger partial charge in [0.1, 0.15) is 24.4 Å². The molecular formula is C15H15NO5. The molecule has 0 radical (unpaired) electrons. The number of cyclic esters (lactones) is 1. The molecule has 110 valence electrons. The maximum absolute atomic E-state index is 12.1. The van der Waals surface area contributed by atoms with Crippen molar-refractivity contribution < 1.29 is 24.2 Å². The molecule has 3 atom stereocenters. The molecule has 2 fully saturated rings. The largest absolute Gasteiger partial charge is 0.458 e. The Morgan fingerprint density at radius 3 is 2.76 bits per heavy atom. The number of aliphatic hydroxyl groups is 1. The average Bonchev–Trinajstić information content (AvgIpc) is 2.58. The molecular weight excluding hydrogens is 274 g/mol. The first-order valence-corrected chi connectivity index (χ1v) is 6.62. The van der Waals surface area contributed by atoms with E-state index in [4.69, 9.17) is 9.47 Å². The van der Waals surface area contributed by atoms with Crippen LogP contribution < -0.4 is 0 Å². The van der Waals surface area contributed by atoms with Crippen LogP contribution in [0.5, 0.6) is 0 Å². The smallest absolute Gasteiger partial charge is 0.354 e. The molecule has 0 spiro atoms. The Kier molecular flexibility index (Phi) is 3.48. The molecule has 2 aliphatic heterocycles. The number of fused-ring (bicyclic) bond motifs is 1. The number of aliphatic hydroxyl groups excluding tert-OH is 1. The number of carbonyl (C=O) groups excluding carboxylic acids is 2. The number of hydrogen-bond acceptors (Lipinski definition) is 5. The van der Waals surface area contributed by atoms with Crippen LogP contribution in [0, 0.1) is 0 Å². The second-order valence-electron chi connectivity index (χ2n) is 5.03. The second-order valence-corrected chi connectivity index (χ2v) is 5.03. The van der Waals surface area contributed by atoms with E-state index in [-0.39, 0.29) is 24.8 Å². The standard InChI is InChI=1S/C15H15NO5/c1-9-15(19)21-8-11(17)12-13(14(18)16(9)12)20-7-10-5-3-2-4-6-10/h2-6,11-13,17H,1,7-8H2/t11-,12+,13-/m1/s1. The summed E-state index contributed by atoms with van der Waals surface area (Å²) in [6, 6.07) is 8.79. The molecule has 6 heteroatoms. The highest BCUT2D eigenvalue weighted by Crippen LogP contribution is 2.32. The van der Waals surface area contributed by atoms with Crippen molar-refractivity contribution in [3.8, 4) is 0 Å². The van der Waals surface area contributed by atoms with Crippen LogP contribution in [0.25, 0.3) is 0 Å². The van der Waals surface area contributed by atoms with Crippen LogP contribution >= 0.6 is 0 Å². The molecule has 0 aromatic heterocycles. The Balaban J connectivity index is 1.71. The SMILES string of the molecule is C=C1C(=O)OC[C@@H](O)[C@H]2[C@@H](OCc3ccccc3)C(=O)N12. The minimum atomic E-state index is -0.980. The molecule has 1 aromatic rings. The normalized spacial score (nSPS) is 28.5. The Morgan fingerprint density at radius 2 is 2.05 bits per heavy atom. The van der Waals surface area contributed by atoms with Crippen molar-refractivity contribution in [3.63, 3.8) is 0 Å². The fourth-order valence-corrected chi connectivity index (χ4v) is 2.54. The van der Waals surface area contributed by atoms with Gasteiger partial charge in [0.15, 0.2) is 6.10 Å². The van der Waals surface area contributed by atoms with E-state index in [0.29, 0.717) is 0 Å². The molecule has 2 saturated heterocycles. The molecule has 21 heavy (non-hydrogen) atoms. The first kappa shape index (κ1) is 13.8. The number of hydrogen-bond donors (Lipinski definition) is 1. The average molecular weight is 289 g/mol. The van der Waals surface area contributed by atoms with Gasteiger partial charge < -0.3 is 14.6 Å². The van der Waals surface area contributed by atoms with E-state index in [2.05, 4.69) is 6.58 Å². The van der Waals surface area contributed by atoms with Crippen molar-refractivity contribution in [2.24, 2.45) is 0 Å². The molecule has 2 aliphatic rings. The van der Waals surface area contributed by atoms with E-state index >= 15 is 0 Å². The summed E-state index contributed by atoms with van der Waals surface area (Å²) < 4.78 is 10.4. The van der Waals surface area contributed by atoms with E-state index in [0.717, 1.165) is 10.5 Å². The number of benzene rings is 1. The first-order chi connectivity index (χ1) is 10.1. The predicted molar refractivity (Wildman–Crippen MR) is 71.8 cm³/mol. The number of nitrogens with zero attached hydrogens (tertiary/aromatic N) is 1. The molecule has 0 bridgehead atoms. The van der Waals surface area contributed by atoms with Crippen LogP contribution in [0.1, 0.15) is 5.56 Å². The summed E-state index contributed by atoms with van der Waals surface area (Å²) in [5.41, 5.74) is 0.874. The third-order valence-electron chi connectivity index (χ3n) is 3.67. The van der Waals surface area contributed by atoms with Gasteiger partial charge in [0.25, 0.3) is 5.91 Å². The molecule has 0 unspecified atom stereocenters. The van der Waals surface area contributed by atoms with Crippen LogP contribution in [0.15, 0.2) is 42.6 Å². The van der Waals surface area contributed by atoms with Gasteiger partial charge in [0.05, 0.1) is 6.61 Å². The van der Waals surface area contributed by atoms with Gasteiger partial charge in [-0.25, -0.2) is 4.79 Å². The molecule has 3 rings (SSSR count). The third kappa shape index (κ3) is 2.32. The molecule has 1 N–H and O–H groups in total. The lowest BCUT2D eigenvalue weighted by Gasteiger charge is -2.46. The van der Waals surface area contributed by atoms with Gasteiger partial charge in [0, 0.05) is 0 Å². The number of esters is 1. The van der Waals surface area contributed by atoms with Crippen molar-refractivity contribution in [2.75, 3.05) is 6.61 Å². The number of carbonyl (C=O) groups is 2. The van der Waals surface area contributed by atoms with Crippen LogP contribution in [0.4, 0.5) is 0 Å². The van der Waals surface area contributed by atoms with Gasteiger partial charge in [-0.1, -0.05) is 36.9 Å². The zero-order chi connectivity index (χ0) is 15.0. The lowest BCUT2D eigenvalue weighted by molar-refractivity contribution is -0.180. The summed E-state index contributed by atoms with van der Waals surface area (Å²) in [5.74, 6) is -1.06. The summed E-state index contributed by atoms with van der Waals surface area (Å²) in [4.78, 5) is 24.8. The Bertz CT molecular complexity index is 585. The van der Waals surface area contributed by atoms with Gasteiger partial charge in [0.2, 0.25) is 0 Å². The molecule has 1 amide bonds. The van der Waals surface area contributed by atoms with Crippen molar-refractivity contribution in [1.29, 1.82) is 0 Å². The molecule has 2 heterocycles. The zero-order valence-electron chi connectivity index (χ0n) is 11.3. The number of ether oxygens (including phenoxy) is 2. The van der Waals surface area contributed by atoms with E-state index in [1.807, 2.05) is 30.3 Å². The van der Waals surface area contributed by atoms with Crippen LogP contribution in [-0.2, 0) is 25.7 Å². The van der Waals surface area contributed by atoms with Gasteiger partial charge >= 0.3 is 5.97 Å². The minimum Gasteiger partial charge on any atom is -0.458 e. The van der Waals surface area contributed by atoms with Crippen molar-refractivity contribution in [3.05, 3.63) is 48.2 Å². The molecule has 0 aliphatic carbocycles. The summed E-state index contributed by atoms with van der Waals surface area (Å²) in [7, 11) is 0. The third-order valence-corrected chi connectivity index (χ3v) is 3.67. The van der Waals surface area contributed by atoms with E-state index in [1.165, 1.54) is 0 Å². The first-order valence-electron chi connectivity index (χ1n) is 6.62. The van der Waals surface area contributed by atoms with Gasteiger partial charge in [-0.15, -0.1) is 0 Å². The van der Waals surface area contributed by atoms with Crippen LogP contribution in [-0.4, -0.2) is 46.7 Å². The highest BCUT2D eigenvalue weighted by molar-refractivity contribution is 5.99. The number of β-lactam (4-membered cyclic amide) rings is 1. The highest BCUT2D eigenvalue weighted by Gasteiger charge is 2.55. The van der Waals surface area contributed by atoms with Crippen molar-refractivity contribution >= 4 is 11.9 Å². The lowest BCUT2D eigenvalue weighted by Crippen LogP contribution is -2.69. The van der Waals surface area contributed by atoms with Gasteiger partial charge in [-0.3, -0.25) is 9.69 Å². The number of amides is 1. The Morgan fingerprint density at radius 1 is 1.33 bits per heavy atom. The maximum Gasteiger partial charge on any atom is 0.354 e. The topological polar surface area (TPSA) is 76.1 Å². The molecule has 0 saturated carbocycles. The lowest BCUT2D eigenvalue weighted by atomic mass is 9.92. The quantitative estimate of drug-likeness (QED) is 0.489. The maximum atomic E-state index is 12.1. The molecule has 1 aromatic carbocycles. The fourth-order valence-electron chi connectivity index (χ4n) is 2.54. The summed E-state index contributed by atoms with van der Waals surface area (Å²) >= 11 is 0. The van der Waals surface area contributed by atoms with Gasteiger partial charge in [-0.05, 0) is 5.56 Å². The summed E-state index contributed by atoms with van der Waals surface area (Å²) in [5, 5.41) is 10.0. The second kappa shape index (κ2) is 5.31. The Hall–Kier alpha value is -2.18. The van der Waals surface area contributed by atoms with Crippen LogP contribution in [0.3, 0.4) is 0 Å². The van der Waals surface area contributed by atoms with Crippen LogP contribution in [0.2, 0.25) is 0 Å². The summed E-state index contributed by atoms with van der Waals surface area (Å²) in [6.07, 6.45) is -1.77. The highest BCUT2D eigenvalue weighted by atomic mass is 16.5. The van der Waals surface area contributed by atoms with E-state index < -0.39 is 24.2 Å². The minimum absolute atomic E-state index is 0.0545. The summed E-state index contributed by atoms with van der Waals surface area (Å²) in [6.45, 7) is 3.63. The van der Waals surface area contributed by atoms with Gasteiger partial charge in [-0.2, -0.15) is 0 Å². The van der Waals surface area contributed by atoms with E-state index in [1.54, 1.807) is 0 Å². The number of rotatable bonds is 3.